The van der Waals surface area contributed by atoms with Crippen LogP contribution in [0, 0.1) is 11.3 Å². The second kappa shape index (κ2) is 10.6. The molecule has 3 rings (SSSR count). The highest BCUT2D eigenvalue weighted by atomic mass is 16.5. The molecule has 0 spiro atoms. The number of nitrogens with one attached hydrogen (secondary N) is 3. The number of ether oxygens (including phenoxy) is 1. The van der Waals surface area contributed by atoms with E-state index < -0.39 is 5.54 Å². The van der Waals surface area contributed by atoms with Crippen molar-refractivity contribution in [1.82, 2.24) is 15.5 Å². The van der Waals surface area contributed by atoms with Gasteiger partial charge in [0.2, 0.25) is 5.91 Å². The molecule has 33 heavy (non-hydrogen) atoms. The minimum Gasteiger partial charge on any atom is -0.385 e. The lowest BCUT2D eigenvalue weighted by Crippen LogP contribution is -2.62. The van der Waals surface area contributed by atoms with Crippen molar-refractivity contribution in [2.45, 2.75) is 51.7 Å². The van der Waals surface area contributed by atoms with E-state index in [1.165, 1.54) is 4.90 Å². The van der Waals surface area contributed by atoms with Gasteiger partial charge in [-0.15, -0.1) is 0 Å². The van der Waals surface area contributed by atoms with Crippen LogP contribution in [0.4, 0.5) is 0 Å². The highest BCUT2D eigenvalue weighted by Gasteiger charge is 2.40. The Bertz CT molecular complexity index is 972. The number of carbonyl (C=O) groups is 2. The van der Waals surface area contributed by atoms with E-state index in [0.717, 1.165) is 11.1 Å². The van der Waals surface area contributed by atoms with Crippen LogP contribution in [0.2, 0.25) is 0 Å². The van der Waals surface area contributed by atoms with Gasteiger partial charge in [-0.05, 0) is 42.5 Å². The third kappa shape index (κ3) is 5.99. The third-order valence-electron chi connectivity index (χ3n) is 6.42. The zero-order valence-corrected chi connectivity index (χ0v) is 19.9. The van der Waals surface area contributed by atoms with E-state index in [4.69, 9.17) is 10.1 Å². The fourth-order valence-electron chi connectivity index (χ4n) is 3.91. The van der Waals surface area contributed by atoms with Gasteiger partial charge in [-0.3, -0.25) is 19.9 Å². The molecule has 0 unspecified atom stereocenters. The maximum atomic E-state index is 13.0. The van der Waals surface area contributed by atoms with Crippen molar-refractivity contribution in [2.75, 3.05) is 13.7 Å². The van der Waals surface area contributed by atoms with Crippen molar-refractivity contribution < 1.29 is 14.3 Å². The van der Waals surface area contributed by atoms with E-state index in [1.807, 2.05) is 57.2 Å². The summed E-state index contributed by atoms with van der Waals surface area (Å²) in [6.07, 6.45) is 0.983. The molecule has 2 aromatic rings. The van der Waals surface area contributed by atoms with Gasteiger partial charge in [-0.1, -0.05) is 56.3 Å². The Morgan fingerprint density at radius 3 is 2.58 bits per heavy atom. The predicted octanol–water partition coefficient (Wildman–Crippen LogP) is 3.87. The summed E-state index contributed by atoms with van der Waals surface area (Å²) < 4.78 is 5.22. The van der Waals surface area contributed by atoms with Crippen LogP contribution < -0.4 is 10.6 Å². The summed E-state index contributed by atoms with van der Waals surface area (Å²) in [7, 11) is 1.64. The van der Waals surface area contributed by atoms with Gasteiger partial charge in [0.15, 0.2) is 5.96 Å². The molecule has 7 heteroatoms. The molecule has 176 valence electrons. The first kappa shape index (κ1) is 24.5. The second-order valence-corrected chi connectivity index (χ2v) is 9.12. The first-order chi connectivity index (χ1) is 15.7. The Kier molecular flexibility index (Phi) is 7.87. The zero-order chi connectivity index (χ0) is 24.0. The Morgan fingerprint density at radius 1 is 1.21 bits per heavy atom. The minimum absolute atomic E-state index is 0.0893. The fraction of sp³-hybridized carbons (Fsp3) is 0.423. The standard InChI is InChI=1S/C26H34N4O3/c1-18(2)26(3)16-23(31)30(25(27)29-26)17-19-9-8-12-21(15-19)24(32)28-22(13-14-33-4)20-10-6-5-7-11-20/h5-12,15,18,22H,13-14,16-17H2,1-4H3,(H2,27,29)(H,28,32)/t22-,26-/m0/s1. The summed E-state index contributed by atoms with van der Waals surface area (Å²) in [5, 5.41) is 14.7. The maximum Gasteiger partial charge on any atom is 0.251 e. The summed E-state index contributed by atoms with van der Waals surface area (Å²) >= 11 is 0. The van der Waals surface area contributed by atoms with Gasteiger partial charge in [0, 0.05) is 24.8 Å². The van der Waals surface area contributed by atoms with Gasteiger partial charge < -0.3 is 15.4 Å². The van der Waals surface area contributed by atoms with Crippen LogP contribution in [-0.4, -0.2) is 41.9 Å². The van der Waals surface area contributed by atoms with E-state index in [-0.39, 0.29) is 36.3 Å². The van der Waals surface area contributed by atoms with Crippen LogP contribution in [0.5, 0.6) is 0 Å². The van der Waals surface area contributed by atoms with Crippen LogP contribution in [0.3, 0.4) is 0 Å². The lowest BCUT2D eigenvalue weighted by molar-refractivity contribution is -0.131. The van der Waals surface area contributed by atoms with Crippen molar-refractivity contribution in [3.05, 3.63) is 71.3 Å². The number of hydrogen-bond acceptors (Lipinski definition) is 4. The molecule has 1 aliphatic heterocycles. The number of rotatable bonds is 9. The zero-order valence-electron chi connectivity index (χ0n) is 19.9. The van der Waals surface area contributed by atoms with Crippen molar-refractivity contribution >= 4 is 17.8 Å². The van der Waals surface area contributed by atoms with E-state index >= 15 is 0 Å². The van der Waals surface area contributed by atoms with Gasteiger partial charge in [0.1, 0.15) is 0 Å². The second-order valence-electron chi connectivity index (χ2n) is 9.12. The largest absolute Gasteiger partial charge is 0.385 e. The van der Waals surface area contributed by atoms with Crippen LogP contribution >= 0.6 is 0 Å². The smallest absolute Gasteiger partial charge is 0.251 e. The molecule has 7 nitrogen and oxygen atoms in total. The van der Waals surface area contributed by atoms with Crippen molar-refractivity contribution in [3.8, 4) is 0 Å². The van der Waals surface area contributed by atoms with E-state index in [0.29, 0.717) is 25.0 Å². The Balaban J connectivity index is 1.72. The van der Waals surface area contributed by atoms with Crippen molar-refractivity contribution in [3.63, 3.8) is 0 Å². The van der Waals surface area contributed by atoms with Gasteiger partial charge in [0.05, 0.1) is 19.0 Å². The molecular weight excluding hydrogens is 416 g/mol. The number of carbonyl (C=O) groups excluding carboxylic acids is 2. The highest BCUT2D eigenvalue weighted by Crippen LogP contribution is 2.26. The van der Waals surface area contributed by atoms with Crippen LogP contribution in [0.15, 0.2) is 54.6 Å². The molecule has 0 aromatic heterocycles. The van der Waals surface area contributed by atoms with Crippen LogP contribution in [0.25, 0.3) is 0 Å². The molecule has 3 N–H and O–H groups in total. The molecule has 1 saturated heterocycles. The molecule has 0 aliphatic carbocycles. The highest BCUT2D eigenvalue weighted by molar-refractivity contribution is 5.99. The predicted molar refractivity (Wildman–Crippen MR) is 129 cm³/mol. The number of methoxy groups -OCH3 is 1. The normalized spacial score (nSPS) is 19.4. The first-order valence-electron chi connectivity index (χ1n) is 11.3. The molecule has 0 radical (unpaired) electrons. The fourth-order valence-corrected chi connectivity index (χ4v) is 3.91. The SMILES string of the molecule is COCC[C@H](NC(=O)c1cccc(CN2C(=N)N[C@](C)(C(C)C)CC2=O)c1)c1ccccc1. The summed E-state index contributed by atoms with van der Waals surface area (Å²) in [4.78, 5) is 27.3. The number of nitrogens with zero attached hydrogens (tertiary/aromatic N) is 1. The molecule has 2 amide bonds. The maximum absolute atomic E-state index is 13.0. The molecule has 0 saturated carbocycles. The van der Waals surface area contributed by atoms with Crippen LogP contribution in [0.1, 0.15) is 61.1 Å². The average molecular weight is 451 g/mol. The lowest BCUT2D eigenvalue weighted by atomic mass is 9.83. The summed E-state index contributed by atoms with van der Waals surface area (Å²) in [6.45, 7) is 6.83. The molecule has 0 bridgehead atoms. The summed E-state index contributed by atoms with van der Waals surface area (Å²) in [6, 6.07) is 16.9. The van der Waals surface area contributed by atoms with Crippen LogP contribution in [-0.2, 0) is 16.1 Å². The molecule has 1 fully saturated rings. The number of hydrogen-bond donors (Lipinski definition) is 3. The molecular formula is C26H34N4O3. The van der Waals surface area contributed by atoms with Gasteiger partial charge in [-0.25, -0.2) is 0 Å². The van der Waals surface area contributed by atoms with Gasteiger partial charge in [0.25, 0.3) is 5.91 Å². The monoisotopic (exact) mass is 450 g/mol. The Labute approximate surface area is 196 Å². The summed E-state index contributed by atoms with van der Waals surface area (Å²) in [5.41, 5.74) is 1.90. The van der Waals surface area contributed by atoms with E-state index in [9.17, 15) is 9.59 Å². The molecule has 2 aromatic carbocycles. The van der Waals surface area contributed by atoms with E-state index in [2.05, 4.69) is 10.6 Å². The Morgan fingerprint density at radius 2 is 1.94 bits per heavy atom. The average Bonchev–Trinajstić information content (AvgIpc) is 2.79. The number of guanidine groups is 1. The summed E-state index contributed by atoms with van der Waals surface area (Å²) in [5.74, 6) is 0.0357. The third-order valence-corrected chi connectivity index (χ3v) is 6.42. The topological polar surface area (TPSA) is 94.5 Å². The first-order valence-corrected chi connectivity index (χ1v) is 11.3. The minimum atomic E-state index is -0.430. The molecule has 2 atom stereocenters. The number of benzene rings is 2. The van der Waals surface area contributed by atoms with E-state index in [1.54, 1.807) is 25.3 Å². The van der Waals surface area contributed by atoms with Gasteiger partial charge in [-0.2, -0.15) is 0 Å². The Hall–Kier alpha value is -3.19. The lowest BCUT2D eigenvalue weighted by Gasteiger charge is -2.43. The number of amides is 2. The molecule has 1 heterocycles. The molecule has 1 aliphatic rings. The quantitative estimate of drug-likeness (QED) is 0.541. The van der Waals surface area contributed by atoms with Crippen molar-refractivity contribution in [1.29, 1.82) is 5.41 Å². The van der Waals surface area contributed by atoms with Crippen molar-refractivity contribution in [2.24, 2.45) is 5.92 Å². The van der Waals surface area contributed by atoms with Gasteiger partial charge >= 0.3 is 0 Å².